The van der Waals surface area contributed by atoms with Crippen LogP contribution in [0.5, 0.6) is 0 Å². The second-order valence-electron chi connectivity index (χ2n) is 6.76. The first-order valence-electron chi connectivity index (χ1n) is 9.32. The van der Waals surface area contributed by atoms with Gasteiger partial charge >= 0.3 is 0 Å². The molecule has 144 valence electrons. The number of fused-ring (bicyclic) bond motifs is 1. The van der Waals surface area contributed by atoms with Gasteiger partial charge in [-0.2, -0.15) is 0 Å². The molecular formula is C24H20FN3O. The molecule has 29 heavy (non-hydrogen) atoms. The van der Waals surface area contributed by atoms with Crippen LogP contribution in [0.4, 0.5) is 4.39 Å². The summed E-state index contributed by atoms with van der Waals surface area (Å²) in [5.41, 5.74) is 3.42. The van der Waals surface area contributed by atoms with Crippen molar-refractivity contribution in [3.8, 4) is 0 Å². The molecule has 4 aromatic rings. The van der Waals surface area contributed by atoms with Gasteiger partial charge in [-0.25, -0.2) is 9.37 Å². The smallest absolute Gasteiger partial charge is 0.244 e. The number of nitrogens with one attached hydrogen (secondary N) is 1. The zero-order valence-corrected chi connectivity index (χ0v) is 15.9. The van der Waals surface area contributed by atoms with Gasteiger partial charge in [0.15, 0.2) is 0 Å². The van der Waals surface area contributed by atoms with Crippen molar-refractivity contribution in [2.45, 2.75) is 6.04 Å². The summed E-state index contributed by atoms with van der Waals surface area (Å²) in [7, 11) is 1.94. The maximum Gasteiger partial charge on any atom is 0.244 e. The first-order chi connectivity index (χ1) is 14.1. The summed E-state index contributed by atoms with van der Waals surface area (Å²) >= 11 is 0. The van der Waals surface area contributed by atoms with Crippen LogP contribution in [0, 0.1) is 5.82 Å². The van der Waals surface area contributed by atoms with Crippen molar-refractivity contribution in [2.75, 3.05) is 0 Å². The quantitative estimate of drug-likeness (QED) is 0.509. The Morgan fingerprint density at radius 1 is 1.03 bits per heavy atom. The molecular weight excluding hydrogens is 365 g/mol. The van der Waals surface area contributed by atoms with Crippen LogP contribution in [0.15, 0.2) is 84.9 Å². The second-order valence-corrected chi connectivity index (χ2v) is 6.76. The lowest BCUT2D eigenvalue weighted by Crippen LogP contribution is -2.29. The monoisotopic (exact) mass is 385 g/mol. The van der Waals surface area contributed by atoms with E-state index < -0.39 is 6.04 Å². The van der Waals surface area contributed by atoms with E-state index in [-0.39, 0.29) is 11.7 Å². The fraction of sp³-hybridized carbons (Fsp3) is 0.0833. The molecule has 4 rings (SSSR count). The molecule has 4 nitrogen and oxygen atoms in total. The van der Waals surface area contributed by atoms with Crippen LogP contribution in [0.2, 0.25) is 0 Å². The molecule has 3 aromatic carbocycles. The third kappa shape index (κ3) is 4.09. The minimum absolute atomic E-state index is 0.282. The predicted molar refractivity (Wildman–Crippen MR) is 113 cm³/mol. The lowest BCUT2D eigenvalue weighted by molar-refractivity contribution is -0.117. The molecule has 1 heterocycles. The van der Waals surface area contributed by atoms with Crippen LogP contribution in [0.3, 0.4) is 0 Å². The molecule has 0 aliphatic carbocycles. The van der Waals surface area contributed by atoms with Gasteiger partial charge in [-0.05, 0) is 41.5 Å². The highest BCUT2D eigenvalue weighted by atomic mass is 19.1. The molecule has 0 aliphatic heterocycles. The number of hydrogen-bond donors (Lipinski definition) is 1. The Bertz CT molecular complexity index is 1180. The van der Waals surface area contributed by atoms with Crippen molar-refractivity contribution in [2.24, 2.45) is 7.05 Å². The van der Waals surface area contributed by atoms with Crippen molar-refractivity contribution in [3.05, 3.63) is 108 Å². The van der Waals surface area contributed by atoms with Gasteiger partial charge in [0.05, 0.1) is 11.0 Å². The molecule has 1 atom stereocenters. The minimum Gasteiger partial charge on any atom is -0.339 e. The number of aromatic nitrogens is 2. The van der Waals surface area contributed by atoms with Crippen LogP contribution in [-0.2, 0) is 11.8 Å². The molecule has 0 saturated heterocycles. The van der Waals surface area contributed by atoms with Gasteiger partial charge in [-0.1, -0.05) is 54.6 Å². The molecule has 1 aromatic heterocycles. The average Bonchev–Trinajstić information content (AvgIpc) is 3.08. The first kappa shape index (κ1) is 18.6. The van der Waals surface area contributed by atoms with Crippen LogP contribution in [-0.4, -0.2) is 15.5 Å². The Labute approximate surface area is 168 Å². The van der Waals surface area contributed by atoms with E-state index in [4.69, 9.17) is 4.98 Å². The summed E-state index contributed by atoms with van der Waals surface area (Å²) in [5.74, 6) is 0.120. The van der Waals surface area contributed by atoms with E-state index in [0.29, 0.717) is 5.56 Å². The summed E-state index contributed by atoms with van der Waals surface area (Å²) in [6.07, 6.45) is 3.00. The molecule has 0 bridgehead atoms. The molecule has 1 amide bonds. The van der Waals surface area contributed by atoms with Gasteiger partial charge in [0.2, 0.25) is 5.91 Å². The second kappa shape index (κ2) is 8.10. The van der Waals surface area contributed by atoms with E-state index in [2.05, 4.69) is 5.32 Å². The highest BCUT2D eigenvalue weighted by Crippen LogP contribution is 2.25. The Hall–Kier alpha value is -3.73. The number of rotatable bonds is 5. The number of imidazole rings is 1. The van der Waals surface area contributed by atoms with Crippen molar-refractivity contribution >= 4 is 23.0 Å². The number of aryl methyl sites for hydroxylation is 1. The van der Waals surface area contributed by atoms with Gasteiger partial charge in [0.25, 0.3) is 0 Å². The standard InChI is InChI=1S/C24H20FN3O/c1-28-21-13-6-5-12-20(21)26-24(28)23(18-9-3-2-4-10-18)27-22(29)15-14-17-8-7-11-19(25)16-17/h2-16,23H,1H3,(H,27,29)/b15-14+. The molecule has 1 N–H and O–H groups in total. The Morgan fingerprint density at radius 3 is 2.55 bits per heavy atom. The third-order valence-electron chi connectivity index (χ3n) is 4.78. The zero-order valence-electron chi connectivity index (χ0n) is 15.9. The van der Waals surface area contributed by atoms with E-state index in [0.717, 1.165) is 22.4 Å². The highest BCUT2D eigenvalue weighted by molar-refractivity contribution is 5.92. The van der Waals surface area contributed by atoms with Crippen molar-refractivity contribution in [1.29, 1.82) is 0 Å². The fourth-order valence-electron chi connectivity index (χ4n) is 3.34. The van der Waals surface area contributed by atoms with Crippen molar-refractivity contribution < 1.29 is 9.18 Å². The Morgan fingerprint density at radius 2 is 1.79 bits per heavy atom. The molecule has 1 unspecified atom stereocenters. The number of carbonyl (C=O) groups excluding carboxylic acids is 1. The van der Waals surface area contributed by atoms with E-state index in [1.165, 1.54) is 18.2 Å². The summed E-state index contributed by atoms with van der Waals surface area (Å²) in [5, 5.41) is 3.03. The third-order valence-corrected chi connectivity index (χ3v) is 4.78. The summed E-state index contributed by atoms with van der Waals surface area (Å²) < 4.78 is 15.3. The first-order valence-corrected chi connectivity index (χ1v) is 9.32. The lowest BCUT2D eigenvalue weighted by Gasteiger charge is -2.18. The fourth-order valence-corrected chi connectivity index (χ4v) is 3.34. The number of nitrogens with zero attached hydrogens (tertiary/aromatic N) is 2. The number of amides is 1. The topological polar surface area (TPSA) is 46.9 Å². The summed E-state index contributed by atoms with van der Waals surface area (Å²) in [6.45, 7) is 0. The lowest BCUT2D eigenvalue weighted by atomic mass is 10.1. The normalized spacial score (nSPS) is 12.3. The predicted octanol–water partition coefficient (Wildman–Crippen LogP) is 4.63. The van der Waals surface area contributed by atoms with Gasteiger partial charge < -0.3 is 9.88 Å². The zero-order chi connectivity index (χ0) is 20.2. The van der Waals surface area contributed by atoms with Gasteiger partial charge in [0.1, 0.15) is 17.7 Å². The molecule has 0 saturated carbocycles. The van der Waals surface area contributed by atoms with Crippen LogP contribution in [0.25, 0.3) is 17.1 Å². The van der Waals surface area contributed by atoms with Crippen LogP contribution >= 0.6 is 0 Å². The number of para-hydroxylation sites is 2. The SMILES string of the molecule is Cn1c(C(NC(=O)/C=C/c2cccc(F)c2)c2ccccc2)nc2ccccc21. The largest absolute Gasteiger partial charge is 0.339 e. The Kier molecular flexibility index (Phi) is 5.20. The van der Waals surface area contributed by atoms with Crippen LogP contribution < -0.4 is 5.32 Å². The number of halogens is 1. The summed E-state index contributed by atoms with van der Waals surface area (Å²) in [4.78, 5) is 17.4. The highest BCUT2D eigenvalue weighted by Gasteiger charge is 2.21. The maximum absolute atomic E-state index is 13.3. The number of benzene rings is 3. The van der Waals surface area contributed by atoms with Gasteiger partial charge in [-0.3, -0.25) is 4.79 Å². The van der Waals surface area contributed by atoms with Crippen molar-refractivity contribution in [1.82, 2.24) is 14.9 Å². The molecule has 5 heteroatoms. The molecule has 0 spiro atoms. The van der Waals surface area contributed by atoms with E-state index in [9.17, 15) is 9.18 Å². The van der Waals surface area contributed by atoms with Crippen molar-refractivity contribution in [3.63, 3.8) is 0 Å². The summed E-state index contributed by atoms with van der Waals surface area (Å²) in [6, 6.07) is 23.2. The van der Waals surface area contributed by atoms with E-state index in [1.54, 1.807) is 18.2 Å². The average molecular weight is 385 g/mol. The minimum atomic E-state index is -0.418. The van der Waals surface area contributed by atoms with E-state index >= 15 is 0 Å². The van der Waals surface area contributed by atoms with Gasteiger partial charge in [0, 0.05) is 13.1 Å². The maximum atomic E-state index is 13.3. The number of carbonyl (C=O) groups is 1. The van der Waals surface area contributed by atoms with Crippen LogP contribution in [0.1, 0.15) is 23.0 Å². The van der Waals surface area contributed by atoms with E-state index in [1.807, 2.05) is 66.2 Å². The molecule has 0 radical (unpaired) electrons. The van der Waals surface area contributed by atoms with Gasteiger partial charge in [-0.15, -0.1) is 0 Å². The molecule has 0 aliphatic rings. The molecule has 0 fully saturated rings. The number of hydrogen-bond acceptors (Lipinski definition) is 2. The Balaban J connectivity index is 1.66.